The number of thiophene rings is 2. The molecule has 3 N–H and O–H groups in total. The summed E-state index contributed by atoms with van der Waals surface area (Å²) < 4.78 is 3.13. The highest BCUT2D eigenvalue weighted by Gasteiger charge is 2.10. The van der Waals surface area contributed by atoms with E-state index in [-0.39, 0.29) is 0 Å². The molecule has 2 heterocycles. The first kappa shape index (κ1) is 20.5. The number of nitrogens with one attached hydrogen (secondary N) is 1. The van der Waals surface area contributed by atoms with Crippen LogP contribution in [-0.2, 0) is 12.8 Å². The summed E-state index contributed by atoms with van der Waals surface area (Å²) in [6.45, 7) is 3.52. The molecule has 0 atom stereocenters. The summed E-state index contributed by atoms with van der Waals surface area (Å²) in [5.41, 5.74) is 8.72. The summed E-state index contributed by atoms with van der Waals surface area (Å²) >= 11 is 26.3. The van der Waals surface area contributed by atoms with Crippen LogP contribution >= 0.6 is 69.1 Å². The molecule has 2 aromatic heterocycles. The Labute approximate surface area is 159 Å². The third kappa shape index (κ3) is 6.17. The van der Waals surface area contributed by atoms with Crippen molar-refractivity contribution in [1.29, 1.82) is 0 Å². The van der Waals surface area contributed by atoms with Crippen LogP contribution in [-0.4, -0.2) is 20.1 Å². The third-order valence-corrected chi connectivity index (χ3v) is 6.38. The van der Waals surface area contributed by atoms with Gasteiger partial charge in [0.05, 0.1) is 17.3 Å². The fourth-order valence-corrected chi connectivity index (χ4v) is 5.01. The summed E-state index contributed by atoms with van der Waals surface area (Å²) in [4.78, 5) is 0. The van der Waals surface area contributed by atoms with Crippen LogP contribution in [0.3, 0.4) is 0 Å². The molecule has 0 aliphatic heterocycles. The van der Waals surface area contributed by atoms with Crippen molar-refractivity contribution in [1.82, 2.24) is 5.32 Å². The summed E-state index contributed by atoms with van der Waals surface area (Å²) in [5, 5.41) is 3.06. The standard InChI is InChI=1S/2C7H9Cl2NS/c1-10-3-2-5-4-6(8)11-7(5)9;1-4-5(2-3-10)7(9)11-6(4)8/h4,10H,2-3H2,1H3;2-3,10H2,1H3. The predicted molar refractivity (Wildman–Crippen MR) is 104 cm³/mol. The van der Waals surface area contributed by atoms with E-state index in [1.165, 1.54) is 22.7 Å². The van der Waals surface area contributed by atoms with Gasteiger partial charge in [-0.3, -0.25) is 0 Å². The van der Waals surface area contributed by atoms with Crippen LogP contribution in [0.25, 0.3) is 0 Å². The molecule has 0 aliphatic rings. The molecule has 124 valence electrons. The van der Waals surface area contributed by atoms with E-state index in [0.29, 0.717) is 6.54 Å². The molecular weight excluding hydrogens is 402 g/mol. The average molecular weight is 420 g/mol. The fourth-order valence-electron chi connectivity index (χ4n) is 1.72. The quantitative estimate of drug-likeness (QED) is 0.653. The topological polar surface area (TPSA) is 38.0 Å². The van der Waals surface area contributed by atoms with Crippen molar-refractivity contribution in [3.8, 4) is 0 Å². The number of hydrogen-bond donors (Lipinski definition) is 2. The number of hydrogen-bond acceptors (Lipinski definition) is 4. The van der Waals surface area contributed by atoms with Crippen molar-refractivity contribution in [2.75, 3.05) is 20.1 Å². The number of halogens is 4. The smallest absolute Gasteiger partial charge is 0.0979 e. The summed E-state index contributed by atoms with van der Waals surface area (Å²) in [5.74, 6) is 0. The highest BCUT2D eigenvalue weighted by Crippen LogP contribution is 2.35. The van der Waals surface area contributed by atoms with Crippen LogP contribution < -0.4 is 11.1 Å². The maximum absolute atomic E-state index is 5.91. The van der Waals surface area contributed by atoms with Gasteiger partial charge >= 0.3 is 0 Å². The van der Waals surface area contributed by atoms with E-state index in [4.69, 9.17) is 52.1 Å². The van der Waals surface area contributed by atoms with E-state index < -0.39 is 0 Å². The zero-order valence-corrected chi connectivity index (χ0v) is 17.0. The van der Waals surface area contributed by atoms with Crippen molar-refractivity contribution in [3.05, 3.63) is 40.1 Å². The van der Waals surface area contributed by atoms with Crippen molar-refractivity contribution in [2.24, 2.45) is 5.73 Å². The summed E-state index contributed by atoms with van der Waals surface area (Å²) in [7, 11) is 1.92. The number of nitrogens with two attached hydrogens (primary N) is 1. The van der Waals surface area contributed by atoms with Crippen LogP contribution in [0.4, 0.5) is 0 Å². The maximum Gasteiger partial charge on any atom is 0.0979 e. The van der Waals surface area contributed by atoms with Gasteiger partial charge in [0.25, 0.3) is 0 Å². The Kier molecular flexibility index (Phi) is 9.67. The van der Waals surface area contributed by atoms with E-state index in [9.17, 15) is 0 Å². The first-order valence-electron chi connectivity index (χ1n) is 6.62. The zero-order chi connectivity index (χ0) is 16.7. The normalized spacial score (nSPS) is 10.5. The van der Waals surface area contributed by atoms with Gasteiger partial charge in [-0.15, -0.1) is 22.7 Å². The van der Waals surface area contributed by atoms with E-state index in [1.54, 1.807) is 0 Å². The molecule has 0 bridgehead atoms. The third-order valence-electron chi connectivity index (χ3n) is 2.93. The molecule has 0 radical (unpaired) electrons. The number of rotatable bonds is 5. The minimum atomic E-state index is 0.619. The van der Waals surface area contributed by atoms with Gasteiger partial charge in [-0.05, 0) is 62.7 Å². The van der Waals surface area contributed by atoms with Gasteiger partial charge in [0.2, 0.25) is 0 Å². The molecule has 2 nitrogen and oxygen atoms in total. The van der Waals surface area contributed by atoms with Crippen molar-refractivity contribution >= 4 is 69.1 Å². The van der Waals surface area contributed by atoms with Crippen LogP contribution in [0.1, 0.15) is 16.7 Å². The molecule has 22 heavy (non-hydrogen) atoms. The average Bonchev–Trinajstić information content (AvgIpc) is 2.91. The van der Waals surface area contributed by atoms with Gasteiger partial charge in [0.1, 0.15) is 0 Å². The van der Waals surface area contributed by atoms with Crippen LogP contribution in [0.15, 0.2) is 6.07 Å². The molecule has 0 spiro atoms. The molecular formula is C14H18Cl4N2S2. The largest absolute Gasteiger partial charge is 0.330 e. The Balaban J connectivity index is 0.000000220. The Morgan fingerprint density at radius 3 is 2.14 bits per heavy atom. The van der Waals surface area contributed by atoms with E-state index >= 15 is 0 Å². The lowest BCUT2D eigenvalue weighted by Crippen LogP contribution is -2.09. The Hall–Kier alpha value is 0.480. The SMILES string of the molecule is CNCCc1cc(Cl)sc1Cl.Cc1c(Cl)sc(Cl)c1CCN. The van der Waals surface area contributed by atoms with Gasteiger partial charge in [0.15, 0.2) is 0 Å². The van der Waals surface area contributed by atoms with Crippen molar-refractivity contribution in [2.45, 2.75) is 19.8 Å². The highest BCUT2D eigenvalue weighted by molar-refractivity contribution is 7.20. The maximum atomic E-state index is 5.91. The minimum absolute atomic E-state index is 0.619. The number of likely N-dealkylation sites (N-methyl/N-ethyl adjacent to an activating group) is 1. The van der Waals surface area contributed by atoms with Gasteiger partial charge in [-0.2, -0.15) is 0 Å². The van der Waals surface area contributed by atoms with Crippen molar-refractivity contribution < 1.29 is 0 Å². The van der Waals surface area contributed by atoms with Gasteiger partial charge in [-0.1, -0.05) is 46.4 Å². The Morgan fingerprint density at radius 1 is 1.05 bits per heavy atom. The van der Waals surface area contributed by atoms with Gasteiger partial charge in [0, 0.05) is 0 Å². The van der Waals surface area contributed by atoms with Crippen LogP contribution in [0.5, 0.6) is 0 Å². The Morgan fingerprint density at radius 2 is 1.73 bits per heavy atom. The van der Waals surface area contributed by atoms with Crippen LogP contribution in [0, 0.1) is 6.92 Å². The second kappa shape index (κ2) is 10.4. The second-order valence-corrected chi connectivity index (χ2v) is 9.01. The van der Waals surface area contributed by atoms with Crippen LogP contribution in [0.2, 0.25) is 17.3 Å². The molecule has 0 fully saturated rings. The minimum Gasteiger partial charge on any atom is -0.330 e. The molecule has 2 aromatic rings. The van der Waals surface area contributed by atoms with Crippen molar-refractivity contribution in [3.63, 3.8) is 0 Å². The molecule has 0 amide bonds. The van der Waals surface area contributed by atoms with E-state index in [0.717, 1.165) is 53.4 Å². The summed E-state index contributed by atoms with van der Waals surface area (Å²) in [6.07, 6.45) is 1.76. The first-order valence-corrected chi connectivity index (χ1v) is 9.76. The lowest BCUT2D eigenvalue weighted by Gasteiger charge is -1.96. The Bertz CT molecular complexity index is 596. The highest BCUT2D eigenvalue weighted by atomic mass is 35.5. The lowest BCUT2D eigenvalue weighted by atomic mass is 10.1. The molecule has 0 aromatic carbocycles. The van der Waals surface area contributed by atoms with E-state index in [2.05, 4.69) is 5.32 Å². The van der Waals surface area contributed by atoms with E-state index in [1.807, 2.05) is 20.0 Å². The predicted octanol–water partition coefficient (Wildman–Crippen LogP) is 5.68. The first-order chi connectivity index (χ1) is 10.4. The summed E-state index contributed by atoms with van der Waals surface area (Å²) in [6, 6.07) is 1.92. The zero-order valence-electron chi connectivity index (χ0n) is 12.3. The molecule has 8 heteroatoms. The molecule has 0 unspecified atom stereocenters. The van der Waals surface area contributed by atoms with Gasteiger partial charge < -0.3 is 11.1 Å². The second-order valence-electron chi connectivity index (χ2n) is 4.49. The monoisotopic (exact) mass is 418 g/mol. The van der Waals surface area contributed by atoms with Gasteiger partial charge in [-0.25, -0.2) is 0 Å². The molecule has 0 saturated carbocycles. The molecule has 0 aliphatic carbocycles. The molecule has 0 saturated heterocycles. The fraction of sp³-hybridized carbons (Fsp3) is 0.429. The molecule has 2 rings (SSSR count). The lowest BCUT2D eigenvalue weighted by molar-refractivity contribution is 0.793.